The Morgan fingerprint density at radius 2 is 1.14 bits per heavy atom. The Morgan fingerprint density at radius 1 is 0.614 bits per heavy atom. The van der Waals surface area contributed by atoms with Crippen molar-refractivity contribution in [1.82, 2.24) is 0 Å². The van der Waals surface area contributed by atoms with Crippen molar-refractivity contribution < 1.29 is 17.3 Å². The average molecular weight is 782 g/mol. The lowest BCUT2D eigenvalue weighted by atomic mass is 9.81. The zero-order chi connectivity index (χ0) is 40.5. The second-order valence-corrected chi connectivity index (χ2v) is 16.2. The molecule has 296 valence electrons. The number of hydrogen-bond acceptors (Lipinski definition) is 7. The van der Waals surface area contributed by atoms with Crippen LogP contribution in [0.3, 0.4) is 0 Å². The molecule has 0 aliphatic carbocycles. The lowest BCUT2D eigenvalue weighted by Crippen LogP contribution is -2.23. The van der Waals surface area contributed by atoms with E-state index in [0.717, 1.165) is 48.0 Å². The SMILES string of the molecule is CCOc1ccc(Nc2ccc(C(c3ccc(N(CC)Cc4cccc(C)c4)cc3C)c3ccc(N(CC)Cc4cccc(S(=O)(=O)OC)c4)cc3C)cc2)cc1. The Morgan fingerprint density at radius 3 is 1.63 bits per heavy atom. The van der Waals surface area contributed by atoms with Crippen molar-refractivity contribution in [3.8, 4) is 5.75 Å². The van der Waals surface area contributed by atoms with E-state index in [1.807, 2.05) is 37.3 Å². The highest BCUT2D eigenvalue weighted by molar-refractivity contribution is 7.86. The lowest BCUT2D eigenvalue weighted by molar-refractivity contribution is 0.340. The minimum Gasteiger partial charge on any atom is -0.494 e. The molecule has 7 nitrogen and oxygen atoms in total. The first-order valence-corrected chi connectivity index (χ1v) is 21.2. The fourth-order valence-electron chi connectivity index (χ4n) is 7.53. The van der Waals surface area contributed by atoms with Crippen molar-refractivity contribution in [2.24, 2.45) is 0 Å². The molecule has 0 aromatic heterocycles. The average Bonchev–Trinajstić information content (AvgIpc) is 3.21. The van der Waals surface area contributed by atoms with Crippen molar-refractivity contribution >= 4 is 32.9 Å². The number of benzene rings is 6. The van der Waals surface area contributed by atoms with Gasteiger partial charge in [-0.3, -0.25) is 4.18 Å². The second kappa shape index (κ2) is 18.6. The number of anilines is 4. The predicted octanol–water partition coefficient (Wildman–Crippen LogP) is 11.3. The minimum atomic E-state index is -3.78. The molecule has 0 saturated carbocycles. The van der Waals surface area contributed by atoms with Crippen LogP contribution in [0.15, 0.2) is 138 Å². The molecular formula is C49H55N3O4S. The van der Waals surface area contributed by atoms with Gasteiger partial charge in [-0.15, -0.1) is 0 Å². The Balaban J connectivity index is 1.34. The van der Waals surface area contributed by atoms with E-state index >= 15 is 0 Å². The van der Waals surface area contributed by atoms with Gasteiger partial charge in [0.25, 0.3) is 10.1 Å². The molecule has 1 unspecified atom stereocenters. The molecule has 6 rings (SSSR count). The highest BCUT2D eigenvalue weighted by Gasteiger charge is 2.23. The smallest absolute Gasteiger partial charge is 0.296 e. The molecule has 1 N–H and O–H groups in total. The molecule has 0 heterocycles. The standard InChI is InChI=1S/C49H55N3O4S/c1-8-51(33-38-14-11-13-35(4)29-38)43-23-27-47(36(5)30-43)49(40-17-19-41(20-18-40)50-42-21-25-45(26-22-42)56-10-3)48-28-24-44(31-37(48)6)52(9-2)34-39-15-12-16-46(32-39)57(53,54)55-7/h11-32,49-50H,8-10,33-34H2,1-7H3. The van der Waals surface area contributed by atoms with Crippen LogP contribution in [0.25, 0.3) is 0 Å². The molecule has 0 radical (unpaired) electrons. The van der Waals surface area contributed by atoms with E-state index in [1.54, 1.807) is 18.2 Å². The normalized spacial score (nSPS) is 11.9. The zero-order valence-corrected chi connectivity index (χ0v) is 35.1. The molecule has 0 aliphatic heterocycles. The van der Waals surface area contributed by atoms with Crippen LogP contribution < -0.4 is 19.9 Å². The van der Waals surface area contributed by atoms with Crippen LogP contribution in [0.5, 0.6) is 5.75 Å². The highest BCUT2D eigenvalue weighted by Crippen LogP contribution is 2.39. The molecule has 0 saturated heterocycles. The monoisotopic (exact) mass is 781 g/mol. The molecule has 6 aromatic carbocycles. The first kappa shape index (κ1) is 41.1. The summed E-state index contributed by atoms with van der Waals surface area (Å²) in [6.45, 7) is 16.6. The number of nitrogens with zero attached hydrogens (tertiary/aromatic N) is 2. The maximum absolute atomic E-state index is 12.4. The summed E-state index contributed by atoms with van der Waals surface area (Å²) in [6, 6.07) is 46.2. The number of rotatable bonds is 17. The number of ether oxygens (including phenoxy) is 1. The van der Waals surface area contributed by atoms with Gasteiger partial charge in [-0.1, -0.05) is 66.2 Å². The molecular weight excluding hydrogens is 727 g/mol. The topological polar surface area (TPSA) is 71.1 Å². The molecule has 6 aromatic rings. The van der Waals surface area contributed by atoms with Crippen molar-refractivity contribution in [2.45, 2.75) is 65.4 Å². The van der Waals surface area contributed by atoms with Crippen molar-refractivity contribution in [2.75, 3.05) is 41.9 Å². The Hall–Kier alpha value is -5.57. The summed E-state index contributed by atoms with van der Waals surface area (Å²) < 4.78 is 35.2. The molecule has 0 fully saturated rings. The van der Waals surface area contributed by atoms with E-state index < -0.39 is 10.1 Å². The molecule has 0 bridgehead atoms. The summed E-state index contributed by atoms with van der Waals surface area (Å²) in [7, 11) is -2.59. The number of hydrogen-bond donors (Lipinski definition) is 1. The van der Waals surface area contributed by atoms with Crippen LogP contribution in [0.4, 0.5) is 22.7 Å². The van der Waals surface area contributed by atoms with Gasteiger partial charge in [-0.05, 0) is 153 Å². The van der Waals surface area contributed by atoms with Crippen LogP contribution in [0.1, 0.15) is 71.2 Å². The summed E-state index contributed by atoms with van der Waals surface area (Å²) >= 11 is 0. The summed E-state index contributed by atoms with van der Waals surface area (Å²) in [5.74, 6) is 0.848. The fourth-order valence-corrected chi connectivity index (χ4v) is 8.27. The first-order valence-electron chi connectivity index (χ1n) is 19.8. The van der Waals surface area contributed by atoms with Crippen LogP contribution in [0.2, 0.25) is 0 Å². The Bertz CT molecular complexity index is 2380. The highest BCUT2D eigenvalue weighted by atomic mass is 32.2. The molecule has 0 spiro atoms. The molecule has 0 aliphatic rings. The van der Waals surface area contributed by atoms with Crippen molar-refractivity contribution in [1.29, 1.82) is 0 Å². The summed E-state index contributed by atoms with van der Waals surface area (Å²) in [5.41, 5.74) is 13.9. The van der Waals surface area contributed by atoms with Gasteiger partial charge in [0.15, 0.2) is 0 Å². The molecule has 57 heavy (non-hydrogen) atoms. The van der Waals surface area contributed by atoms with E-state index in [-0.39, 0.29) is 10.8 Å². The Labute approximate surface area is 340 Å². The summed E-state index contributed by atoms with van der Waals surface area (Å²) in [6.07, 6.45) is 0. The lowest BCUT2D eigenvalue weighted by Gasteiger charge is -2.28. The van der Waals surface area contributed by atoms with Gasteiger partial charge in [0, 0.05) is 54.8 Å². The third-order valence-electron chi connectivity index (χ3n) is 10.6. The van der Waals surface area contributed by atoms with E-state index in [0.29, 0.717) is 13.2 Å². The summed E-state index contributed by atoms with van der Waals surface area (Å²) in [4.78, 5) is 4.85. The van der Waals surface area contributed by atoms with Gasteiger partial charge < -0.3 is 19.9 Å². The van der Waals surface area contributed by atoms with Gasteiger partial charge in [0.1, 0.15) is 5.75 Å². The van der Waals surface area contributed by atoms with Gasteiger partial charge in [0.05, 0.1) is 18.6 Å². The second-order valence-electron chi connectivity index (χ2n) is 14.5. The third-order valence-corrected chi connectivity index (χ3v) is 11.8. The van der Waals surface area contributed by atoms with E-state index in [1.165, 1.54) is 51.7 Å². The van der Waals surface area contributed by atoms with E-state index in [9.17, 15) is 8.42 Å². The van der Waals surface area contributed by atoms with Crippen LogP contribution in [-0.4, -0.2) is 35.2 Å². The minimum absolute atomic E-state index is 0.00881. The largest absolute Gasteiger partial charge is 0.494 e. The van der Waals surface area contributed by atoms with Crippen LogP contribution >= 0.6 is 0 Å². The maximum Gasteiger partial charge on any atom is 0.296 e. The van der Waals surface area contributed by atoms with E-state index in [2.05, 4.69) is 135 Å². The maximum atomic E-state index is 12.4. The van der Waals surface area contributed by atoms with Crippen molar-refractivity contribution in [3.63, 3.8) is 0 Å². The van der Waals surface area contributed by atoms with Gasteiger partial charge in [0.2, 0.25) is 0 Å². The van der Waals surface area contributed by atoms with Gasteiger partial charge in [-0.2, -0.15) is 8.42 Å². The molecule has 8 heteroatoms. The quantitative estimate of drug-likeness (QED) is 0.0730. The zero-order valence-electron chi connectivity index (χ0n) is 34.3. The first-order chi connectivity index (χ1) is 27.5. The molecule has 1 atom stereocenters. The fraction of sp³-hybridized carbons (Fsp3) is 0.265. The van der Waals surface area contributed by atoms with Crippen molar-refractivity contribution in [3.05, 3.63) is 178 Å². The van der Waals surface area contributed by atoms with Gasteiger partial charge >= 0.3 is 0 Å². The summed E-state index contributed by atoms with van der Waals surface area (Å²) in [5, 5.41) is 3.55. The van der Waals surface area contributed by atoms with E-state index in [4.69, 9.17) is 8.92 Å². The van der Waals surface area contributed by atoms with Crippen LogP contribution in [-0.2, 0) is 27.4 Å². The number of nitrogens with one attached hydrogen (secondary N) is 1. The Kier molecular flexibility index (Phi) is 13.4. The third kappa shape index (κ3) is 10.1. The number of aryl methyl sites for hydroxylation is 3. The van der Waals surface area contributed by atoms with Crippen LogP contribution in [0, 0.1) is 20.8 Å². The molecule has 0 amide bonds. The predicted molar refractivity (Wildman–Crippen MR) is 236 cm³/mol. The van der Waals surface area contributed by atoms with Gasteiger partial charge in [-0.25, -0.2) is 0 Å².